The third kappa shape index (κ3) is 7.87. The van der Waals surface area contributed by atoms with Gasteiger partial charge in [-0.3, -0.25) is 9.80 Å². The molecule has 0 bridgehead atoms. The summed E-state index contributed by atoms with van der Waals surface area (Å²) in [6.45, 7) is -3.04. The number of carbonyl (C=O) groups is 2. The number of ether oxygens (including phenoxy) is 2. The van der Waals surface area contributed by atoms with Gasteiger partial charge in [0.25, 0.3) is 0 Å². The Labute approximate surface area is 246 Å². The standard InChI is InChI=1S/C27H22F12N2O4/c1-44-22(42)40(11-13-6-16(26(34,35)36)8-17(7-13)27(37,38)39)21-10-20(14-2-3-14)41(23(43)45-12-24(28,29)30)19-5-4-15(9-18(19)21)25(31,32)33/h4-9,14,20-21H,2-3,10-12H2,1H3/t20-,21-/m1/s1. The highest BCUT2D eigenvalue weighted by atomic mass is 19.4. The molecule has 0 saturated heterocycles. The van der Waals surface area contributed by atoms with Gasteiger partial charge < -0.3 is 9.47 Å². The molecule has 248 valence electrons. The van der Waals surface area contributed by atoms with Gasteiger partial charge in [-0.05, 0) is 72.7 Å². The average Bonchev–Trinajstić information content (AvgIpc) is 3.77. The van der Waals surface area contributed by atoms with Gasteiger partial charge in [0.1, 0.15) is 0 Å². The second-order valence-corrected chi connectivity index (χ2v) is 10.5. The summed E-state index contributed by atoms with van der Waals surface area (Å²) in [6.07, 6.45) is -23.0. The minimum atomic E-state index is -5.25. The molecule has 1 saturated carbocycles. The van der Waals surface area contributed by atoms with Crippen molar-refractivity contribution >= 4 is 17.9 Å². The number of hydrogen-bond donors (Lipinski definition) is 0. The highest BCUT2D eigenvalue weighted by Crippen LogP contribution is 2.50. The van der Waals surface area contributed by atoms with E-state index in [1.54, 1.807) is 0 Å². The molecule has 2 aromatic rings. The third-order valence-corrected chi connectivity index (χ3v) is 7.28. The molecule has 2 aliphatic rings. The van der Waals surface area contributed by atoms with Gasteiger partial charge in [-0.25, -0.2) is 9.59 Å². The molecule has 0 spiro atoms. The number of alkyl halides is 12. The lowest BCUT2D eigenvalue weighted by Gasteiger charge is -2.44. The van der Waals surface area contributed by atoms with Crippen LogP contribution in [0.15, 0.2) is 36.4 Å². The molecule has 1 heterocycles. The Hall–Kier alpha value is -3.86. The van der Waals surface area contributed by atoms with Crippen molar-refractivity contribution in [2.45, 2.75) is 62.6 Å². The van der Waals surface area contributed by atoms with Crippen LogP contribution >= 0.6 is 0 Å². The van der Waals surface area contributed by atoms with E-state index >= 15 is 0 Å². The van der Waals surface area contributed by atoms with E-state index < -0.39 is 108 Å². The van der Waals surface area contributed by atoms with Crippen LogP contribution < -0.4 is 4.90 Å². The smallest absolute Gasteiger partial charge is 0.422 e. The fraction of sp³-hybridized carbons (Fsp3) is 0.481. The maximum absolute atomic E-state index is 13.7. The van der Waals surface area contributed by atoms with Crippen LogP contribution in [0.2, 0.25) is 0 Å². The Kier molecular flexibility index (Phi) is 8.93. The maximum atomic E-state index is 13.7. The van der Waals surface area contributed by atoms with Gasteiger partial charge in [-0.15, -0.1) is 0 Å². The summed E-state index contributed by atoms with van der Waals surface area (Å²) in [5, 5.41) is 0. The second-order valence-electron chi connectivity index (χ2n) is 10.5. The first-order valence-electron chi connectivity index (χ1n) is 13.0. The molecule has 45 heavy (non-hydrogen) atoms. The predicted molar refractivity (Wildman–Crippen MR) is 130 cm³/mol. The highest BCUT2D eigenvalue weighted by Gasteiger charge is 2.48. The number of benzene rings is 2. The molecule has 0 N–H and O–H groups in total. The lowest BCUT2D eigenvalue weighted by Crippen LogP contribution is -2.50. The predicted octanol–water partition coefficient (Wildman–Crippen LogP) is 8.74. The van der Waals surface area contributed by atoms with Crippen molar-refractivity contribution in [3.8, 4) is 0 Å². The summed E-state index contributed by atoms with van der Waals surface area (Å²) in [4.78, 5) is 27.3. The quantitative estimate of drug-likeness (QED) is 0.300. The van der Waals surface area contributed by atoms with E-state index in [1.165, 1.54) is 0 Å². The Balaban J connectivity index is 1.87. The van der Waals surface area contributed by atoms with Crippen molar-refractivity contribution in [1.82, 2.24) is 4.90 Å². The molecule has 1 aliphatic carbocycles. The summed E-state index contributed by atoms with van der Waals surface area (Å²) in [5.41, 5.74) is -6.31. The molecule has 2 atom stereocenters. The largest absolute Gasteiger partial charge is 0.453 e. The Bertz CT molecular complexity index is 1400. The summed E-state index contributed by atoms with van der Waals surface area (Å²) in [6, 6.07) is -0.298. The summed E-state index contributed by atoms with van der Waals surface area (Å²) in [7, 11) is 0.817. The van der Waals surface area contributed by atoms with Gasteiger partial charge in [0.2, 0.25) is 0 Å². The van der Waals surface area contributed by atoms with Gasteiger partial charge in [0.15, 0.2) is 6.61 Å². The monoisotopic (exact) mass is 666 g/mol. The molecule has 0 aromatic heterocycles. The molecular formula is C27H22F12N2O4. The van der Waals surface area contributed by atoms with Crippen LogP contribution in [0.3, 0.4) is 0 Å². The Morgan fingerprint density at radius 2 is 1.38 bits per heavy atom. The van der Waals surface area contributed by atoms with Gasteiger partial charge in [-0.1, -0.05) is 0 Å². The number of fused-ring (bicyclic) bond motifs is 1. The number of hydrogen-bond acceptors (Lipinski definition) is 4. The second kappa shape index (κ2) is 11.8. The molecule has 0 unspecified atom stereocenters. The highest BCUT2D eigenvalue weighted by molar-refractivity contribution is 5.91. The van der Waals surface area contributed by atoms with Crippen molar-refractivity contribution in [2.75, 3.05) is 18.6 Å². The van der Waals surface area contributed by atoms with Gasteiger partial charge in [0.05, 0.1) is 35.5 Å². The van der Waals surface area contributed by atoms with Crippen LogP contribution in [-0.4, -0.2) is 43.0 Å². The van der Waals surface area contributed by atoms with Crippen molar-refractivity contribution < 1.29 is 71.7 Å². The van der Waals surface area contributed by atoms with E-state index in [-0.39, 0.29) is 6.07 Å². The molecule has 18 heteroatoms. The van der Waals surface area contributed by atoms with E-state index in [4.69, 9.17) is 4.74 Å². The van der Waals surface area contributed by atoms with Crippen LogP contribution in [0.4, 0.5) is 68.0 Å². The van der Waals surface area contributed by atoms with Gasteiger partial charge in [0, 0.05) is 12.6 Å². The first-order chi connectivity index (χ1) is 20.6. The molecule has 4 rings (SSSR count). The zero-order valence-electron chi connectivity index (χ0n) is 22.8. The van der Waals surface area contributed by atoms with Crippen molar-refractivity contribution in [3.63, 3.8) is 0 Å². The summed E-state index contributed by atoms with van der Waals surface area (Å²) >= 11 is 0. The number of anilines is 1. The van der Waals surface area contributed by atoms with Crippen LogP contribution in [0.25, 0.3) is 0 Å². The fourth-order valence-corrected chi connectivity index (χ4v) is 5.21. The zero-order valence-corrected chi connectivity index (χ0v) is 22.8. The first-order valence-corrected chi connectivity index (χ1v) is 13.0. The van der Waals surface area contributed by atoms with Crippen LogP contribution in [0, 0.1) is 5.92 Å². The van der Waals surface area contributed by atoms with E-state index in [0.717, 1.165) is 18.1 Å². The average molecular weight is 666 g/mol. The fourth-order valence-electron chi connectivity index (χ4n) is 5.21. The minimum Gasteiger partial charge on any atom is -0.453 e. The van der Waals surface area contributed by atoms with Crippen LogP contribution in [-0.2, 0) is 34.5 Å². The molecule has 0 radical (unpaired) electrons. The summed E-state index contributed by atoms with van der Waals surface area (Å²) < 4.78 is 170. The molecule has 2 aromatic carbocycles. The van der Waals surface area contributed by atoms with E-state index in [1.807, 2.05) is 0 Å². The van der Waals surface area contributed by atoms with Crippen LogP contribution in [0.1, 0.15) is 53.1 Å². The number of carbonyl (C=O) groups excluding carboxylic acids is 2. The SMILES string of the molecule is COC(=O)N(Cc1cc(C(F)(F)F)cc(C(F)(F)F)c1)[C@@H]1C[C@H](C2CC2)N(C(=O)OCC(F)(F)F)c2ccc(C(F)(F)F)cc21. The first kappa shape index (κ1) is 34.0. The lowest BCUT2D eigenvalue weighted by molar-refractivity contribution is -0.160. The van der Waals surface area contributed by atoms with Crippen LogP contribution in [0.5, 0.6) is 0 Å². The Morgan fingerprint density at radius 1 is 0.822 bits per heavy atom. The van der Waals surface area contributed by atoms with Crippen molar-refractivity contribution in [1.29, 1.82) is 0 Å². The van der Waals surface area contributed by atoms with Gasteiger partial charge in [-0.2, -0.15) is 52.7 Å². The summed E-state index contributed by atoms with van der Waals surface area (Å²) in [5.74, 6) is -0.425. The van der Waals surface area contributed by atoms with Gasteiger partial charge >= 0.3 is 36.9 Å². The van der Waals surface area contributed by atoms with Crippen molar-refractivity contribution in [2.24, 2.45) is 5.92 Å². The maximum Gasteiger partial charge on any atom is 0.422 e. The molecule has 1 aliphatic heterocycles. The topological polar surface area (TPSA) is 59.1 Å². The molecular weight excluding hydrogens is 644 g/mol. The van der Waals surface area contributed by atoms with E-state index in [2.05, 4.69) is 4.74 Å². The normalized spacial score (nSPS) is 19.2. The number of rotatable bonds is 5. The minimum absolute atomic E-state index is 0.148. The number of nitrogens with zero attached hydrogens (tertiary/aromatic N) is 2. The molecule has 6 nitrogen and oxygen atoms in total. The number of halogens is 12. The molecule has 2 amide bonds. The zero-order chi connectivity index (χ0) is 33.7. The number of methoxy groups -OCH3 is 1. The van der Waals surface area contributed by atoms with E-state index in [9.17, 15) is 62.3 Å². The lowest BCUT2D eigenvalue weighted by atomic mass is 9.86. The van der Waals surface area contributed by atoms with E-state index in [0.29, 0.717) is 42.0 Å². The Morgan fingerprint density at radius 3 is 1.84 bits per heavy atom. The third-order valence-electron chi connectivity index (χ3n) is 7.28. The number of amides is 2. The van der Waals surface area contributed by atoms with Crippen molar-refractivity contribution in [3.05, 3.63) is 64.2 Å². The molecule has 1 fully saturated rings.